The Morgan fingerprint density at radius 2 is 2.05 bits per heavy atom. The summed E-state index contributed by atoms with van der Waals surface area (Å²) < 4.78 is 5.50. The lowest BCUT2D eigenvalue weighted by Gasteiger charge is -2.14. The molecule has 0 radical (unpaired) electrons. The van der Waals surface area contributed by atoms with Crippen LogP contribution in [0.4, 0.5) is 0 Å². The Hall–Kier alpha value is -1.39. The van der Waals surface area contributed by atoms with Crippen LogP contribution in [-0.4, -0.2) is 29.8 Å². The standard InChI is InChI=1S/C15H23NO3/c1-3-14(17)9-10-16-15(18)12(2)19-11-13-7-5-4-6-8-13/h4-8,12,14,17H,3,9-11H2,1-2H3,(H,16,18). The summed E-state index contributed by atoms with van der Waals surface area (Å²) in [5, 5.41) is 12.1. The third-order valence-electron chi connectivity index (χ3n) is 2.96. The molecule has 2 unspecified atom stereocenters. The third-order valence-corrected chi connectivity index (χ3v) is 2.96. The SMILES string of the molecule is CCC(O)CCNC(=O)C(C)OCc1ccccc1. The lowest BCUT2D eigenvalue weighted by atomic mass is 10.2. The lowest BCUT2D eigenvalue weighted by Crippen LogP contribution is -2.36. The van der Waals surface area contributed by atoms with Gasteiger partial charge in [0.25, 0.3) is 0 Å². The minimum Gasteiger partial charge on any atom is -0.393 e. The number of nitrogens with one attached hydrogen (secondary N) is 1. The number of carbonyl (C=O) groups is 1. The van der Waals surface area contributed by atoms with Gasteiger partial charge < -0.3 is 15.2 Å². The molecule has 1 rings (SSSR count). The second kappa shape index (κ2) is 8.67. The summed E-state index contributed by atoms with van der Waals surface area (Å²) in [5.74, 6) is -0.140. The normalized spacial score (nSPS) is 13.8. The van der Waals surface area contributed by atoms with E-state index in [9.17, 15) is 9.90 Å². The van der Waals surface area contributed by atoms with Crippen LogP contribution in [0.2, 0.25) is 0 Å². The molecular formula is C15H23NO3. The predicted octanol–water partition coefficient (Wildman–Crippen LogP) is 1.87. The zero-order chi connectivity index (χ0) is 14.1. The van der Waals surface area contributed by atoms with E-state index in [0.717, 1.165) is 5.56 Å². The fraction of sp³-hybridized carbons (Fsp3) is 0.533. The maximum atomic E-state index is 11.7. The van der Waals surface area contributed by atoms with Crippen LogP contribution in [-0.2, 0) is 16.1 Å². The van der Waals surface area contributed by atoms with E-state index in [1.165, 1.54) is 0 Å². The number of aliphatic hydroxyl groups excluding tert-OH is 1. The van der Waals surface area contributed by atoms with Gasteiger partial charge in [-0.1, -0.05) is 37.3 Å². The molecule has 106 valence electrons. The summed E-state index contributed by atoms with van der Waals surface area (Å²) in [6.45, 7) is 4.55. The summed E-state index contributed by atoms with van der Waals surface area (Å²) in [6, 6.07) is 9.74. The third kappa shape index (κ3) is 6.36. The molecule has 0 spiro atoms. The molecule has 1 aromatic carbocycles. The Morgan fingerprint density at radius 3 is 2.68 bits per heavy atom. The number of benzene rings is 1. The molecule has 0 fully saturated rings. The molecule has 0 heterocycles. The largest absolute Gasteiger partial charge is 0.393 e. The smallest absolute Gasteiger partial charge is 0.248 e. The molecule has 0 bridgehead atoms. The van der Waals surface area contributed by atoms with Crippen molar-refractivity contribution in [3.63, 3.8) is 0 Å². The minimum atomic E-state index is -0.487. The van der Waals surface area contributed by atoms with E-state index in [1.54, 1.807) is 6.92 Å². The molecule has 19 heavy (non-hydrogen) atoms. The van der Waals surface area contributed by atoms with Gasteiger partial charge in [-0.05, 0) is 25.3 Å². The maximum absolute atomic E-state index is 11.7. The van der Waals surface area contributed by atoms with E-state index in [2.05, 4.69) is 5.32 Å². The van der Waals surface area contributed by atoms with Gasteiger partial charge in [0.2, 0.25) is 5.91 Å². The minimum absolute atomic E-state index is 0.140. The van der Waals surface area contributed by atoms with Crippen LogP contribution < -0.4 is 5.32 Å². The zero-order valence-corrected chi connectivity index (χ0v) is 11.6. The van der Waals surface area contributed by atoms with Gasteiger partial charge in [-0.2, -0.15) is 0 Å². The Kier molecular flexibility index (Phi) is 7.15. The van der Waals surface area contributed by atoms with Crippen molar-refractivity contribution in [3.8, 4) is 0 Å². The molecule has 2 atom stereocenters. The summed E-state index contributed by atoms with van der Waals surface area (Å²) >= 11 is 0. The fourth-order valence-electron chi connectivity index (χ4n) is 1.58. The van der Waals surface area contributed by atoms with Gasteiger partial charge >= 0.3 is 0 Å². The molecule has 0 saturated carbocycles. The monoisotopic (exact) mass is 265 g/mol. The van der Waals surface area contributed by atoms with Gasteiger partial charge in [0.1, 0.15) is 6.10 Å². The van der Waals surface area contributed by atoms with Gasteiger partial charge in [-0.25, -0.2) is 0 Å². The van der Waals surface area contributed by atoms with Crippen molar-refractivity contribution in [2.24, 2.45) is 0 Å². The van der Waals surface area contributed by atoms with E-state index in [4.69, 9.17) is 4.74 Å². The van der Waals surface area contributed by atoms with Crippen molar-refractivity contribution in [1.29, 1.82) is 0 Å². The molecule has 4 nitrogen and oxygen atoms in total. The predicted molar refractivity (Wildman–Crippen MR) is 74.6 cm³/mol. The lowest BCUT2D eigenvalue weighted by molar-refractivity contribution is -0.132. The number of aliphatic hydroxyl groups is 1. The molecule has 0 aliphatic rings. The fourth-order valence-corrected chi connectivity index (χ4v) is 1.58. The van der Waals surface area contributed by atoms with Crippen molar-refractivity contribution >= 4 is 5.91 Å². The van der Waals surface area contributed by atoms with Crippen molar-refractivity contribution < 1.29 is 14.6 Å². The molecule has 0 aliphatic heterocycles. The quantitative estimate of drug-likeness (QED) is 0.754. The first-order valence-corrected chi connectivity index (χ1v) is 6.74. The van der Waals surface area contributed by atoms with Crippen LogP contribution in [0.1, 0.15) is 32.3 Å². The molecule has 0 saturated heterocycles. The summed E-state index contributed by atoms with van der Waals surface area (Å²) in [5.41, 5.74) is 1.04. The van der Waals surface area contributed by atoms with E-state index in [0.29, 0.717) is 26.0 Å². The van der Waals surface area contributed by atoms with Crippen molar-refractivity contribution in [3.05, 3.63) is 35.9 Å². The number of ether oxygens (including phenoxy) is 1. The van der Waals surface area contributed by atoms with Crippen molar-refractivity contribution in [2.45, 2.75) is 45.5 Å². The number of carbonyl (C=O) groups excluding carboxylic acids is 1. The summed E-state index contributed by atoms with van der Waals surface area (Å²) in [7, 11) is 0. The van der Waals surface area contributed by atoms with Crippen LogP contribution in [0.15, 0.2) is 30.3 Å². The highest BCUT2D eigenvalue weighted by Crippen LogP contribution is 2.03. The van der Waals surface area contributed by atoms with E-state index in [-0.39, 0.29) is 12.0 Å². The number of hydrogen-bond acceptors (Lipinski definition) is 3. The first kappa shape index (κ1) is 15.7. The first-order valence-electron chi connectivity index (χ1n) is 6.74. The zero-order valence-electron chi connectivity index (χ0n) is 11.6. The van der Waals surface area contributed by atoms with E-state index < -0.39 is 6.10 Å². The van der Waals surface area contributed by atoms with E-state index in [1.807, 2.05) is 37.3 Å². The highest BCUT2D eigenvalue weighted by molar-refractivity contribution is 5.80. The molecule has 0 aromatic heterocycles. The van der Waals surface area contributed by atoms with Crippen LogP contribution in [0, 0.1) is 0 Å². The van der Waals surface area contributed by atoms with Crippen LogP contribution >= 0.6 is 0 Å². The van der Waals surface area contributed by atoms with Crippen LogP contribution in [0.5, 0.6) is 0 Å². The second-order valence-corrected chi connectivity index (χ2v) is 4.58. The Balaban J connectivity index is 2.21. The van der Waals surface area contributed by atoms with Crippen LogP contribution in [0.3, 0.4) is 0 Å². The maximum Gasteiger partial charge on any atom is 0.248 e. The van der Waals surface area contributed by atoms with E-state index >= 15 is 0 Å². The molecular weight excluding hydrogens is 242 g/mol. The Bertz CT molecular complexity index is 367. The van der Waals surface area contributed by atoms with Crippen molar-refractivity contribution in [2.75, 3.05) is 6.54 Å². The average molecular weight is 265 g/mol. The second-order valence-electron chi connectivity index (χ2n) is 4.58. The molecule has 2 N–H and O–H groups in total. The number of amides is 1. The van der Waals surface area contributed by atoms with Gasteiger partial charge in [0, 0.05) is 6.54 Å². The summed E-state index contributed by atoms with van der Waals surface area (Å²) in [6.07, 6.45) is 0.448. The highest BCUT2D eigenvalue weighted by Gasteiger charge is 2.13. The molecule has 4 heteroatoms. The molecule has 1 amide bonds. The average Bonchev–Trinajstić information content (AvgIpc) is 2.45. The van der Waals surface area contributed by atoms with Crippen LogP contribution in [0.25, 0.3) is 0 Å². The van der Waals surface area contributed by atoms with Gasteiger partial charge in [0.05, 0.1) is 12.7 Å². The Morgan fingerprint density at radius 1 is 1.37 bits per heavy atom. The highest BCUT2D eigenvalue weighted by atomic mass is 16.5. The number of hydrogen-bond donors (Lipinski definition) is 2. The molecule has 0 aliphatic carbocycles. The Labute approximate surface area is 114 Å². The molecule has 1 aromatic rings. The van der Waals surface area contributed by atoms with Gasteiger partial charge in [-0.15, -0.1) is 0 Å². The first-order chi connectivity index (χ1) is 9.13. The topological polar surface area (TPSA) is 58.6 Å². The van der Waals surface area contributed by atoms with Gasteiger partial charge in [0.15, 0.2) is 0 Å². The number of rotatable bonds is 8. The van der Waals surface area contributed by atoms with Gasteiger partial charge in [-0.3, -0.25) is 4.79 Å². The summed E-state index contributed by atoms with van der Waals surface area (Å²) in [4.78, 5) is 11.7. The van der Waals surface area contributed by atoms with Crippen molar-refractivity contribution in [1.82, 2.24) is 5.32 Å².